The van der Waals surface area contributed by atoms with Crippen LogP contribution in [-0.2, 0) is 0 Å². The summed E-state index contributed by atoms with van der Waals surface area (Å²) in [4.78, 5) is 0. The van der Waals surface area contributed by atoms with E-state index < -0.39 is 0 Å². The van der Waals surface area contributed by atoms with Crippen molar-refractivity contribution in [3.8, 4) is 0 Å². The van der Waals surface area contributed by atoms with Crippen LogP contribution in [0.1, 0.15) is 60.8 Å². The number of hydrogen-bond acceptors (Lipinski definition) is 0. The van der Waals surface area contributed by atoms with Crippen LogP contribution in [0.15, 0.2) is 0 Å². The van der Waals surface area contributed by atoms with Gasteiger partial charge in [-0.2, -0.15) is 0 Å². The Bertz CT molecular complexity index is 106. The van der Waals surface area contributed by atoms with Crippen LogP contribution in [0.2, 0.25) is 0 Å². The molecule has 0 aromatic heterocycles. The highest BCUT2D eigenvalue weighted by molar-refractivity contribution is 4.78. The van der Waals surface area contributed by atoms with Gasteiger partial charge in [0.2, 0.25) is 0 Å². The van der Waals surface area contributed by atoms with Gasteiger partial charge in [-0.3, -0.25) is 0 Å². The minimum atomic E-state index is 0.501. The van der Waals surface area contributed by atoms with E-state index in [0.29, 0.717) is 5.41 Å². The van der Waals surface area contributed by atoms with Gasteiger partial charge in [0.05, 0.1) is 0 Å². The molecule has 0 aromatic carbocycles. The van der Waals surface area contributed by atoms with Crippen molar-refractivity contribution >= 4 is 0 Å². The van der Waals surface area contributed by atoms with Crippen LogP contribution in [0, 0.1) is 17.3 Å². The van der Waals surface area contributed by atoms with Gasteiger partial charge in [-0.25, -0.2) is 0 Å². The zero-order chi connectivity index (χ0) is 9.78. The highest BCUT2D eigenvalue weighted by Crippen LogP contribution is 2.27. The van der Waals surface area contributed by atoms with E-state index in [1.165, 1.54) is 19.3 Å². The first-order chi connectivity index (χ1) is 5.31. The van der Waals surface area contributed by atoms with Crippen molar-refractivity contribution in [2.45, 2.75) is 60.8 Å². The van der Waals surface area contributed by atoms with Gasteiger partial charge < -0.3 is 0 Å². The molecule has 0 fully saturated rings. The summed E-state index contributed by atoms with van der Waals surface area (Å²) in [5, 5.41) is 0. The molecule has 0 amide bonds. The van der Waals surface area contributed by atoms with Crippen molar-refractivity contribution in [3.63, 3.8) is 0 Å². The molecule has 1 atom stereocenters. The molecular weight excluding hydrogens is 144 g/mol. The Balaban J connectivity index is 3.53. The van der Waals surface area contributed by atoms with Crippen LogP contribution >= 0.6 is 0 Å². The molecule has 1 radical (unpaired) electrons. The highest BCUT2D eigenvalue weighted by Gasteiger charge is 2.15. The summed E-state index contributed by atoms with van der Waals surface area (Å²) in [5.41, 5.74) is 0.501. The third kappa shape index (κ3) is 8.10. The number of rotatable bonds is 4. The van der Waals surface area contributed by atoms with E-state index in [0.717, 1.165) is 5.92 Å². The largest absolute Gasteiger partial charge is 0.0625 e. The Morgan fingerprint density at radius 1 is 1.17 bits per heavy atom. The Hall–Kier alpha value is 0. The van der Waals surface area contributed by atoms with Crippen LogP contribution in [0.3, 0.4) is 0 Å². The van der Waals surface area contributed by atoms with Crippen LogP contribution < -0.4 is 0 Å². The van der Waals surface area contributed by atoms with Crippen molar-refractivity contribution in [1.82, 2.24) is 0 Å². The summed E-state index contributed by atoms with van der Waals surface area (Å²) in [5.74, 6) is 2.44. The second-order valence-corrected chi connectivity index (χ2v) is 5.62. The molecule has 0 N–H and O–H groups in total. The van der Waals surface area contributed by atoms with E-state index in [-0.39, 0.29) is 0 Å². The monoisotopic (exact) mass is 169 g/mol. The standard InChI is InChI=1S/C12H25/c1-10(2)7-8-11(3)9-12(4,5)6/h11H,7-9H2,1-6H3. The second-order valence-electron chi connectivity index (χ2n) is 5.62. The molecule has 0 bridgehead atoms. The van der Waals surface area contributed by atoms with E-state index in [9.17, 15) is 0 Å². The molecule has 0 aromatic rings. The molecule has 0 aliphatic carbocycles. The molecule has 0 aliphatic heterocycles. The minimum absolute atomic E-state index is 0.501. The fourth-order valence-electron chi connectivity index (χ4n) is 1.68. The Morgan fingerprint density at radius 3 is 2.00 bits per heavy atom. The third-order valence-corrected chi connectivity index (χ3v) is 2.10. The average Bonchev–Trinajstić information content (AvgIpc) is 1.79. The zero-order valence-corrected chi connectivity index (χ0v) is 9.70. The van der Waals surface area contributed by atoms with E-state index in [4.69, 9.17) is 0 Å². The predicted octanol–water partition coefficient (Wildman–Crippen LogP) is 4.45. The summed E-state index contributed by atoms with van der Waals surface area (Å²) < 4.78 is 0. The Labute approximate surface area is 78.8 Å². The van der Waals surface area contributed by atoms with E-state index in [1.807, 2.05) is 0 Å². The maximum Gasteiger partial charge on any atom is -0.0303 e. The van der Waals surface area contributed by atoms with Crippen LogP contribution in [0.25, 0.3) is 0 Å². The summed E-state index contributed by atoms with van der Waals surface area (Å²) in [6.07, 6.45) is 4.01. The van der Waals surface area contributed by atoms with Gasteiger partial charge in [-0.05, 0) is 30.1 Å². The van der Waals surface area contributed by atoms with Crippen LogP contribution in [0.5, 0.6) is 0 Å². The summed E-state index contributed by atoms with van der Waals surface area (Å²) in [6, 6.07) is 0. The summed E-state index contributed by atoms with van der Waals surface area (Å²) in [7, 11) is 0. The summed E-state index contributed by atoms with van der Waals surface area (Å²) >= 11 is 0. The fraction of sp³-hybridized carbons (Fsp3) is 0.917. The van der Waals surface area contributed by atoms with Gasteiger partial charge in [-0.1, -0.05) is 48.0 Å². The quantitative estimate of drug-likeness (QED) is 0.583. The topological polar surface area (TPSA) is 0 Å². The zero-order valence-electron chi connectivity index (χ0n) is 9.70. The molecule has 0 saturated carbocycles. The first-order valence-electron chi connectivity index (χ1n) is 5.10. The molecule has 0 rings (SSSR count). The van der Waals surface area contributed by atoms with Gasteiger partial charge in [0.25, 0.3) is 0 Å². The molecule has 0 heteroatoms. The van der Waals surface area contributed by atoms with Gasteiger partial charge in [0.15, 0.2) is 0 Å². The lowest BCUT2D eigenvalue weighted by Gasteiger charge is -2.23. The first kappa shape index (κ1) is 12.0. The summed E-state index contributed by atoms with van der Waals surface area (Å²) in [6.45, 7) is 13.8. The fourth-order valence-corrected chi connectivity index (χ4v) is 1.68. The normalized spacial score (nSPS) is 15.2. The van der Waals surface area contributed by atoms with Gasteiger partial charge in [-0.15, -0.1) is 0 Å². The molecule has 0 saturated heterocycles. The molecule has 0 spiro atoms. The smallest absolute Gasteiger partial charge is 0.0303 e. The highest BCUT2D eigenvalue weighted by atomic mass is 14.2. The van der Waals surface area contributed by atoms with Crippen molar-refractivity contribution in [2.24, 2.45) is 11.3 Å². The SMILES string of the molecule is C[C](C)CCC(C)CC(C)(C)C. The maximum absolute atomic E-state index is 2.37. The Morgan fingerprint density at radius 2 is 1.67 bits per heavy atom. The van der Waals surface area contributed by atoms with Gasteiger partial charge in [0, 0.05) is 0 Å². The lowest BCUT2D eigenvalue weighted by Crippen LogP contribution is -2.11. The molecule has 0 aliphatic rings. The molecule has 73 valence electrons. The van der Waals surface area contributed by atoms with Gasteiger partial charge in [0.1, 0.15) is 0 Å². The maximum atomic E-state index is 2.37. The first-order valence-corrected chi connectivity index (χ1v) is 5.10. The lowest BCUT2D eigenvalue weighted by atomic mass is 9.83. The van der Waals surface area contributed by atoms with Crippen molar-refractivity contribution in [3.05, 3.63) is 5.92 Å². The molecule has 1 unspecified atom stereocenters. The molecule has 0 nitrogen and oxygen atoms in total. The van der Waals surface area contributed by atoms with Crippen molar-refractivity contribution in [1.29, 1.82) is 0 Å². The average molecular weight is 169 g/mol. The van der Waals surface area contributed by atoms with E-state index in [1.54, 1.807) is 5.92 Å². The minimum Gasteiger partial charge on any atom is -0.0625 e. The van der Waals surface area contributed by atoms with Gasteiger partial charge >= 0.3 is 0 Å². The molecule has 0 heterocycles. The van der Waals surface area contributed by atoms with Crippen LogP contribution in [-0.4, -0.2) is 0 Å². The van der Waals surface area contributed by atoms with E-state index >= 15 is 0 Å². The van der Waals surface area contributed by atoms with Crippen LogP contribution in [0.4, 0.5) is 0 Å². The van der Waals surface area contributed by atoms with E-state index in [2.05, 4.69) is 41.5 Å². The third-order valence-electron chi connectivity index (χ3n) is 2.10. The van der Waals surface area contributed by atoms with Crippen molar-refractivity contribution in [2.75, 3.05) is 0 Å². The molecule has 12 heavy (non-hydrogen) atoms. The second kappa shape index (κ2) is 4.89. The molecular formula is C12H25. The lowest BCUT2D eigenvalue weighted by molar-refractivity contribution is 0.295. The Kier molecular flexibility index (Phi) is 4.89. The predicted molar refractivity (Wildman–Crippen MR) is 57.1 cm³/mol. The van der Waals surface area contributed by atoms with Crippen molar-refractivity contribution < 1.29 is 0 Å². The number of hydrogen-bond donors (Lipinski definition) is 0.